The number of nitrogens with zero attached hydrogens (tertiary/aromatic N) is 1. The van der Waals surface area contributed by atoms with Gasteiger partial charge in [-0.15, -0.1) is 0 Å². The van der Waals surface area contributed by atoms with Crippen LogP contribution in [0.3, 0.4) is 0 Å². The van der Waals surface area contributed by atoms with Gasteiger partial charge in [-0.25, -0.2) is 4.39 Å². The molecule has 21 heavy (non-hydrogen) atoms. The molecule has 6 heteroatoms. The lowest BCUT2D eigenvalue weighted by Gasteiger charge is -2.16. The summed E-state index contributed by atoms with van der Waals surface area (Å²) in [6.45, 7) is 4.98. The van der Waals surface area contributed by atoms with E-state index >= 15 is 0 Å². The van der Waals surface area contributed by atoms with E-state index in [2.05, 4.69) is 10.2 Å². The minimum absolute atomic E-state index is 0.129. The average Bonchev–Trinajstić information content (AvgIpc) is 2.43. The number of rotatable bonds is 9. The van der Waals surface area contributed by atoms with Gasteiger partial charge in [0.1, 0.15) is 5.82 Å². The van der Waals surface area contributed by atoms with Crippen LogP contribution in [-0.2, 0) is 9.53 Å². The Morgan fingerprint density at radius 2 is 2.19 bits per heavy atom. The molecule has 3 N–H and O–H groups in total. The van der Waals surface area contributed by atoms with E-state index in [-0.39, 0.29) is 11.6 Å². The standard InChI is InChI=1S/C15H24FN3O2/c1-3-21-10-9-19(2)8-4-5-15(20)18-14-11-12(17)6-7-13(14)16/h6-7,11H,3-5,8-10,17H2,1-2H3,(H,18,20). The molecule has 1 aromatic rings. The van der Waals surface area contributed by atoms with Gasteiger partial charge in [-0.2, -0.15) is 0 Å². The SMILES string of the molecule is CCOCCN(C)CCCC(=O)Nc1cc(N)ccc1F. The van der Waals surface area contributed by atoms with E-state index < -0.39 is 5.82 Å². The van der Waals surface area contributed by atoms with E-state index in [0.717, 1.165) is 13.1 Å². The van der Waals surface area contributed by atoms with Gasteiger partial charge in [0.15, 0.2) is 0 Å². The second-order valence-corrected chi connectivity index (χ2v) is 4.89. The molecule has 0 atom stereocenters. The van der Waals surface area contributed by atoms with Gasteiger partial charge in [0.05, 0.1) is 12.3 Å². The Bertz CT molecular complexity index is 455. The first kappa shape index (κ1) is 17.4. The average molecular weight is 297 g/mol. The number of nitrogens with two attached hydrogens (primary N) is 1. The molecule has 0 unspecified atom stereocenters. The molecule has 0 aliphatic rings. The fourth-order valence-electron chi connectivity index (χ4n) is 1.84. The maximum absolute atomic E-state index is 13.5. The van der Waals surface area contributed by atoms with Crippen LogP contribution in [0, 0.1) is 5.82 Å². The zero-order valence-corrected chi connectivity index (χ0v) is 12.7. The number of likely N-dealkylation sites (N-methyl/N-ethyl adjacent to an activating group) is 1. The number of nitrogens with one attached hydrogen (secondary N) is 1. The summed E-state index contributed by atoms with van der Waals surface area (Å²) in [6.07, 6.45) is 1.05. The number of anilines is 2. The molecule has 0 aromatic heterocycles. The van der Waals surface area contributed by atoms with E-state index in [0.29, 0.717) is 31.7 Å². The number of amides is 1. The Morgan fingerprint density at radius 3 is 2.90 bits per heavy atom. The molecule has 0 fully saturated rings. The molecule has 118 valence electrons. The van der Waals surface area contributed by atoms with Crippen molar-refractivity contribution >= 4 is 17.3 Å². The quantitative estimate of drug-likeness (QED) is 0.541. The Hall–Kier alpha value is -1.66. The second-order valence-electron chi connectivity index (χ2n) is 4.89. The lowest BCUT2D eigenvalue weighted by Crippen LogP contribution is -2.25. The molecular formula is C15H24FN3O2. The molecule has 0 bridgehead atoms. The summed E-state index contributed by atoms with van der Waals surface area (Å²) in [7, 11) is 1.98. The Labute approximate surface area is 125 Å². The third-order valence-corrected chi connectivity index (χ3v) is 3.03. The van der Waals surface area contributed by atoms with Crippen LogP contribution in [-0.4, -0.2) is 44.2 Å². The predicted octanol–water partition coefficient (Wildman–Crippen LogP) is 2.09. The first-order valence-electron chi connectivity index (χ1n) is 7.14. The zero-order valence-electron chi connectivity index (χ0n) is 12.7. The first-order chi connectivity index (χ1) is 10.0. The molecular weight excluding hydrogens is 273 g/mol. The van der Waals surface area contributed by atoms with Gasteiger partial charge in [-0.05, 0) is 45.1 Å². The second kappa shape index (κ2) is 9.31. The number of hydrogen-bond donors (Lipinski definition) is 2. The Balaban J connectivity index is 2.26. The molecule has 0 heterocycles. The van der Waals surface area contributed by atoms with Crippen molar-refractivity contribution < 1.29 is 13.9 Å². The van der Waals surface area contributed by atoms with Gasteiger partial charge >= 0.3 is 0 Å². The summed E-state index contributed by atoms with van der Waals surface area (Å²) in [5.41, 5.74) is 6.11. The topological polar surface area (TPSA) is 67.6 Å². The summed E-state index contributed by atoms with van der Waals surface area (Å²) in [6, 6.07) is 4.12. The maximum Gasteiger partial charge on any atom is 0.224 e. The monoisotopic (exact) mass is 297 g/mol. The largest absolute Gasteiger partial charge is 0.399 e. The molecule has 0 saturated heterocycles. The maximum atomic E-state index is 13.5. The molecule has 5 nitrogen and oxygen atoms in total. The lowest BCUT2D eigenvalue weighted by atomic mass is 10.2. The minimum Gasteiger partial charge on any atom is -0.399 e. The number of carbonyl (C=O) groups is 1. The lowest BCUT2D eigenvalue weighted by molar-refractivity contribution is -0.116. The van der Waals surface area contributed by atoms with Crippen molar-refractivity contribution in [3.05, 3.63) is 24.0 Å². The number of hydrogen-bond acceptors (Lipinski definition) is 4. The highest BCUT2D eigenvalue weighted by molar-refractivity contribution is 5.91. The highest BCUT2D eigenvalue weighted by Crippen LogP contribution is 2.17. The Morgan fingerprint density at radius 1 is 1.43 bits per heavy atom. The molecule has 1 rings (SSSR count). The predicted molar refractivity (Wildman–Crippen MR) is 82.7 cm³/mol. The van der Waals surface area contributed by atoms with Crippen molar-refractivity contribution in [3.63, 3.8) is 0 Å². The summed E-state index contributed by atoms with van der Waals surface area (Å²) in [5.74, 6) is -0.691. The third kappa shape index (κ3) is 7.06. The van der Waals surface area contributed by atoms with Crippen LogP contribution in [0.4, 0.5) is 15.8 Å². The molecule has 0 spiro atoms. The van der Waals surface area contributed by atoms with Gasteiger partial charge in [0.2, 0.25) is 5.91 Å². The van der Waals surface area contributed by atoms with Gasteiger partial charge in [-0.1, -0.05) is 0 Å². The number of carbonyl (C=O) groups excluding carboxylic acids is 1. The van der Waals surface area contributed by atoms with Crippen molar-refractivity contribution in [2.45, 2.75) is 19.8 Å². The fraction of sp³-hybridized carbons (Fsp3) is 0.533. The van der Waals surface area contributed by atoms with Crippen LogP contribution in [0.2, 0.25) is 0 Å². The van der Waals surface area contributed by atoms with Crippen LogP contribution in [0.1, 0.15) is 19.8 Å². The molecule has 1 amide bonds. The molecule has 0 saturated carbocycles. The molecule has 0 aliphatic heterocycles. The highest BCUT2D eigenvalue weighted by atomic mass is 19.1. The van der Waals surface area contributed by atoms with Crippen molar-refractivity contribution in [3.8, 4) is 0 Å². The molecule has 0 aliphatic carbocycles. The van der Waals surface area contributed by atoms with Gasteiger partial charge in [0, 0.05) is 25.3 Å². The van der Waals surface area contributed by atoms with Gasteiger partial charge < -0.3 is 20.7 Å². The summed E-state index contributed by atoms with van der Waals surface area (Å²) >= 11 is 0. The number of nitrogen functional groups attached to an aromatic ring is 1. The summed E-state index contributed by atoms with van der Waals surface area (Å²) in [5, 5.41) is 2.54. The van der Waals surface area contributed by atoms with Gasteiger partial charge in [-0.3, -0.25) is 4.79 Å². The Kier molecular flexibility index (Phi) is 7.71. The van der Waals surface area contributed by atoms with Gasteiger partial charge in [0.25, 0.3) is 0 Å². The normalized spacial score (nSPS) is 10.9. The van der Waals surface area contributed by atoms with E-state index in [1.54, 1.807) is 0 Å². The highest BCUT2D eigenvalue weighted by Gasteiger charge is 2.08. The van der Waals surface area contributed by atoms with Crippen LogP contribution in [0.5, 0.6) is 0 Å². The summed E-state index contributed by atoms with van der Waals surface area (Å²) < 4.78 is 18.7. The van der Waals surface area contributed by atoms with Crippen molar-refractivity contribution in [1.29, 1.82) is 0 Å². The molecule has 1 aromatic carbocycles. The van der Waals surface area contributed by atoms with Crippen LogP contribution >= 0.6 is 0 Å². The summed E-state index contributed by atoms with van der Waals surface area (Å²) in [4.78, 5) is 13.9. The van der Waals surface area contributed by atoms with E-state index in [9.17, 15) is 9.18 Å². The van der Waals surface area contributed by atoms with Crippen molar-refractivity contribution in [2.24, 2.45) is 0 Å². The number of halogens is 1. The van der Waals surface area contributed by atoms with E-state index in [1.165, 1.54) is 18.2 Å². The smallest absolute Gasteiger partial charge is 0.224 e. The number of ether oxygens (including phenoxy) is 1. The first-order valence-corrected chi connectivity index (χ1v) is 7.14. The van der Waals surface area contributed by atoms with E-state index in [1.807, 2.05) is 14.0 Å². The molecule has 0 radical (unpaired) electrons. The van der Waals surface area contributed by atoms with E-state index in [4.69, 9.17) is 10.5 Å². The zero-order chi connectivity index (χ0) is 15.7. The van der Waals surface area contributed by atoms with Crippen molar-refractivity contribution in [2.75, 3.05) is 44.4 Å². The number of benzene rings is 1. The van der Waals surface area contributed by atoms with Crippen LogP contribution in [0.25, 0.3) is 0 Å². The van der Waals surface area contributed by atoms with Crippen LogP contribution < -0.4 is 11.1 Å². The third-order valence-electron chi connectivity index (χ3n) is 3.03. The minimum atomic E-state index is -0.480. The van der Waals surface area contributed by atoms with Crippen LogP contribution in [0.15, 0.2) is 18.2 Å². The fourth-order valence-corrected chi connectivity index (χ4v) is 1.84. The van der Waals surface area contributed by atoms with Crippen molar-refractivity contribution in [1.82, 2.24) is 4.90 Å².